The van der Waals surface area contributed by atoms with Crippen molar-refractivity contribution in [1.29, 1.82) is 0 Å². The van der Waals surface area contributed by atoms with E-state index in [4.69, 9.17) is 0 Å². The first-order valence-electron chi connectivity index (χ1n) is 20.3. The van der Waals surface area contributed by atoms with E-state index in [1.807, 2.05) is 7.05 Å². The van der Waals surface area contributed by atoms with E-state index in [0.29, 0.717) is 18.9 Å². The van der Waals surface area contributed by atoms with Crippen LogP contribution in [0, 0.1) is 5.92 Å². The number of rotatable bonds is 8. The van der Waals surface area contributed by atoms with E-state index in [2.05, 4.69) is 168 Å². The molecule has 0 atom stereocenters. The third kappa shape index (κ3) is 7.62. The number of carboxylic acid groups (broad SMARTS) is 1. The number of fused-ring (bicyclic) bond motifs is 5. The van der Waals surface area contributed by atoms with Crippen LogP contribution in [0.4, 0.5) is 11.4 Å². The van der Waals surface area contributed by atoms with Crippen LogP contribution >= 0.6 is 0 Å². The first-order valence-corrected chi connectivity index (χ1v) is 20.3. The van der Waals surface area contributed by atoms with Gasteiger partial charge in [-0.15, -0.1) is 0 Å². The van der Waals surface area contributed by atoms with E-state index in [0.717, 1.165) is 12.2 Å². The van der Waals surface area contributed by atoms with Crippen LogP contribution < -0.4 is 30.1 Å². The van der Waals surface area contributed by atoms with E-state index >= 15 is 0 Å². The van der Waals surface area contributed by atoms with E-state index in [-0.39, 0.29) is 17.3 Å². The fraction of sp³-hybridized carbons (Fsp3) is 0.449. The maximum absolute atomic E-state index is 10.8. The highest BCUT2D eigenvalue weighted by Gasteiger charge is 2.39. The summed E-state index contributed by atoms with van der Waals surface area (Å²) in [5.74, 6) is -0.574. The second kappa shape index (κ2) is 15.4. The maximum Gasteiger partial charge on any atom is 0.203 e. The minimum Gasteiger partial charge on any atom is -0.550 e. The summed E-state index contributed by atoms with van der Waals surface area (Å²) in [5.41, 5.74) is 16.1. The molecule has 0 unspecified atom stereocenters. The molecule has 0 aromatic heterocycles. The van der Waals surface area contributed by atoms with Crippen molar-refractivity contribution in [2.24, 2.45) is 5.92 Å². The largest absolute Gasteiger partial charge is 0.550 e. The number of anilines is 2. The molecule has 290 valence electrons. The van der Waals surface area contributed by atoms with E-state index < -0.39 is 5.97 Å². The van der Waals surface area contributed by atoms with Crippen LogP contribution in [0.2, 0.25) is 0 Å². The quantitative estimate of drug-likeness (QED) is 0.257. The summed E-state index contributed by atoms with van der Waals surface area (Å²) < 4.78 is 4.70. The Balaban J connectivity index is 0.000000190. The molecule has 3 aromatic carbocycles. The van der Waals surface area contributed by atoms with Gasteiger partial charge in [0.2, 0.25) is 5.36 Å². The Kier molecular flexibility index (Phi) is 11.2. The molecule has 0 N–H and O–H groups in total. The van der Waals surface area contributed by atoms with Crippen molar-refractivity contribution in [3.8, 4) is 0 Å². The van der Waals surface area contributed by atoms with Gasteiger partial charge in [0.25, 0.3) is 0 Å². The summed E-state index contributed by atoms with van der Waals surface area (Å²) in [6, 6.07) is 18.5. The molecule has 0 saturated heterocycles. The van der Waals surface area contributed by atoms with Crippen LogP contribution in [0.5, 0.6) is 0 Å². The second-order valence-corrected chi connectivity index (χ2v) is 17.6. The standard InChI is InChI=1S/C26H34N2O2.C23H29N2/c1-17(2)25-20-12-10-18(27(5)6)15-22(20)26(3,4)23-16-19(11-13-21(23)25)28(7)14-8-9-24(29)30;1-6-25-11-7-8-17-13-18-12-16-9-10-19(24(4)5)14-20(16)23(2,3)21(18)15-22(17)25/h10-13,15-17H,8-9,14H2,1-7H3;9-10,12-15H,6-8,11H2,1-5H3/q;+1. The highest BCUT2D eigenvalue weighted by molar-refractivity contribution is 6.05. The Morgan fingerprint density at radius 2 is 1.60 bits per heavy atom. The van der Waals surface area contributed by atoms with Gasteiger partial charge in [0.1, 0.15) is 27.2 Å². The minimum atomic E-state index is -0.987. The zero-order chi connectivity index (χ0) is 40.0. The van der Waals surface area contributed by atoms with E-state index in [9.17, 15) is 9.90 Å². The number of hydrogen-bond donors (Lipinski definition) is 0. The lowest BCUT2D eigenvalue weighted by molar-refractivity contribution is -0.462. The topological polar surface area (TPSA) is 52.6 Å². The van der Waals surface area contributed by atoms with Crippen LogP contribution in [-0.4, -0.2) is 71.1 Å². The number of nitrogens with zero attached hydrogens (tertiary/aromatic N) is 4. The van der Waals surface area contributed by atoms with Gasteiger partial charge in [0.15, 0.2) is 5.71 Å². The zero-order valence-corrected chi connectivity index (χ0v) is 35.6. The molecule has 0 fully saturated rings. The molecule has 0 saturated carbocycles. The first-order chi connectivity index (χ1) is 25.9. The Morgan fingerprint density at radius 3 is 2.25 bits per heavy atom. The molecule has 6 heteroatoms. The van der Waals surface area contributed by atoms with Crippen LogP contribution in [0.15, 0.2) is 77.9 Å². The Hall–Kier alpha value is -4.71. The molecule has 4 aliphatic rings. The van der Waals surface area contributed by atoms with Crippen LogP contribution in [-0.2, 0) is 22.0 Å². The van der Waals surface area contributed by atoms with Gasteiger partial charge in [-0.1, -0.05) is 53.7 Å². The lowest BCUT2D eigenvalue weighted by Crippen LogP contribution is -2.42. The number of aryl methyl sites for hydroxylation is 1. The summed E-state index contributed by atoms with van der Waals surface area (Å²) in [4.78, 5) is 15.1. The summed E-state index contributed by atoms with van der Waals surface area (Å²) in [5, 5.41) is 13.6. The Morgan fingerprint density at radius 1 is 0.891 bits per heavy atom. The molecule has 6 nitrogen and oxygen atoms in total. The fourth-order valence-electron chi connectivity index (χ4n) is 9.10. The summed E-state index contributed by atoms with van der Waals surface area (Å²) in [6.45, 7) is 19.1. The first kappa shape index (κ1) is 40.0. The maximum atomic E-state index is 10.8. The SMILES string of the molecule is CC(C)C1=C2C=CC(=[N+](C)C)C=C2C(C)(C)c2cc(N(C)CCCC(=O)[O-])ccc21.CC[N+]1=c2cc3c(cc2CCC1)=Cc1ccc(N(C)C)cc1C3(C)C. The molecule has 0 spiro atoms. The number of aliphatic carboxylic acids is 1. The number of carbonyl (C=O) groups is 1. The third-order valence-electron chi connectivity index (χ3n) is 12.4. The van der Waals surface area contributed by atoms with Gasteiger partial charge in [-0.2, -0.15) is 0 Å². The molecule has 3 aromatic rings. The Bertz CT molecular complexity index is 2270. The van der Waals surface area contributed by atoms with Gasteiger partial charge in [-0.3, -0.25) is 0 Å². The van der Waals surface area contributed by atoms with Gasteiger partial charge < -0.3 is 19.7 Å². The van der Waals surface area contributed by atoms with Crippen molar-refractivity contribution in [1.82, 2.24) is 4.58 Å². The molecule has 0 radical (unpaired) electrons. The molecule has 7 rings (SSSR count). The molecular formula is C49H63N4O2+. The summed E-state index contributed by atoms with van der Waals surface area (Å²) in [7, 11) is 10.4. The normalized spacial score (nSPS) is 17.1. The zero-order valence-electron chi connectivity index (χ0n) is 35.6. The van der Waals surface area contributed by atoms with E-state index in [1.165, 1.54) is 91.5 Å². The number of allylic oxidation sites excluding steroid dienone is 6. The van der Waals surface area contributed by atoms with Gasteiger partial charge in [0.05, 0.1) is 0 Å². The number of benzene rings is 3. The van der Waals surface area contributed by atoms with Gasteiger partial charge >= 0.3 is 0 Å². The molecule has 1 aliphatic heterocycles. The average Bonchev–Trinajstić information content (AvgIpc) is 3.13. The smallest absolute Gasteiger partial charge is 0.203 e. The molecule has 0 bridgehead atoms. The van der Waals surface area contributed by atoms with Crippen LogP contribution in [0.1, 0.15) is 101 Å². The predicted octanol–water partition coefficient (Wildman–Crippen LogP) is 6.24. The van der Waals surface area contributed by atoms with Crippen molar-refractivity contribution in [3.05, 3.63) is 122 Å². The number of carboxylic acids is 1. The molecule has 1 heterocycles. The highest BCUT2D eigenvalue weighted by atomic mass is 16.4. The number of hydrogen-bond acceptors (Lipinski definition) is 4. The molecule has 0 amide bonds. The highest BCUT2D eigenvalue weighted by Crippen LogP contribution is 2.50. The molecule has 3 aliphatic carbocycles. The lowest BCUT2D eigenvalue weighted by atomic mass is 9.63. The van der Waals surface area contributed by atoms with Crippen molar-refractivity contribution >= 4 is 34.7 Å². The van der Waals surface area contributed by atoms with Crippen molar-refractivity contribution in [2.75, 3.05) is 64.7 Å². The van der Waals surface area contributed by atoms with Gasteiger partial charge in [-0.25, -0.2) is 9.15 Å². The average molecular weight is 740 g/mol. The van der Waals surface area contributed by atoms with Gasteiger partial charge in [-0.05, 0) is 124 Å². The third-order valence-corrected chi connectivity index (χ3v) is 12.4. The van der Waals surface area contributed by atoms with Crippen LogP contribution in [0.25, 0.3) is 11.6 Å². The van der Waals surface area contributed by atoms with Crippen molar-refractivity contribution < 1.29 is 14.5 Å². The van der Waals surface area contributed by atoms with Crippen LogP contribution in [0.3, 0.4) is 0 Å². The monoisotopic (exact) mass is 739 g/mol. The summed E-state index contributed by atoms with van der Waals surface area (Å²) in [6.07, 6.45) is 12.4. The lowest BCUT2D eigenvalue weighted by Gasteiger charge is -2.40. The second-order valence-electron chi connectivity index (χ2n) is 17.6. The van der Waals surface area contributed by atoms with Crippen molar-refractivity contribution in [3.63, 3.8) is 0 Å². The fourth-order valence-corrected chi connectivity index (χ4v) is 9.10. The Labute approximate surface area is 330 Å². The number of carbonyl (C=O) groups excluding carboxylic acids is 1. The van der Waals surface area contributed by atoms with Crippen molar-refractivity contribution in [2.45, 2.75) is 85.0 Å². The van der Waals surface area contributed by atoms with E-state index in [1.54, 1.807) is 0 Å². The molecule has 55 heavy (non-hydrogen) atoms. The molecular weight excluding hydrogens is 677 g/mol. The summed E-state index contributed by atoms with van der Waals surface area (Å²) >= 11 is 0. The minimum absolute atomic E-state index is 0.0251. The predicted molar refractivity (Wildman–Crippen MR) is 230 cm³/mol. The van der Waals surface area contributed by atoms with Gasteiger partial charge in [0, 0.05) is 86.1 Å².